The minimum atomic E-state index is 0.671. The Bertz CT molecular complexity index is 3880. The van der Waals surface area contributed by atoms with Crippen molar-refractivity contribution in [3.05, 3.63) is 218 Å². The zero-order chi connectivity index (χ0) is 42.1. The van der Waals surface area contributed by atoms with E-state index in [-0.39, 0.29) is 0 Å². The predicted molar refractivity (Wildman–Crippen MR) is 264 cm³/mol. The summed E-state index contributed by atoms with van der Waals surface area (Å²) in [6.45, 7) is 0. The number of hydrogen-bond donors (Lipinski definition) is 0. The van der Waals surface area contributed by atoms with E-state index in [0.29, 0.717) is 5.82 Å². The van der Waals surface area contributed by atoms with E-state index >= 15 is 0 Å². The highest BCUT2D eigenvalue weighted by atomic mass is 16.3. The number of aromatic nitrogens is 4. The van der Waals surface area contributed by atoms with Crippen LogP contribution in [0.3, 0.4) is 0 Å². The summed E-state index contributed by atoms with van der Waals surface area (Å²) in [4.78, 5) is 15.7. The van der Waals surface area contributed by atoms with Crippen molar-refractivity contribution in [2.45, 2.75) is 0 Å². The topological polar surface area (TPSA) is 56.7 Å². The molecule has 0 aliphatic carbocycles. The second-order valence-corrected chi connectivity index (χ2v) is 16.3. The summed E-state index contributed by atoms with van der Waals surface area (Å²) in [6, 6.07) is 76.6. The van der Waals surface area contributed by atoms with Crippen LogP contribution >= 0.6 is 0 Å². The molecule has 9 aromatic carbocycles. The molecule has 0 spiro atoms. The molecule has 0 atom stereocenters. The molecule has 0 saturated carbocycles. The molecule has 0 aliphatic rings. The lowest BCUT2D eigenvalue weighted by atomic mass is 9.96. The molecule has 5 heteroatoms. The highest BCUT2D eigenvalue weighted by Crippen LogP contribution is 2.42. The summed E-state index contributed by atoms with van der Waals surface area (Å²) < 4.78 is 9.00. The van der Waals surface area contributed by atoms with Gasteiger partial charge in [0.2, 0.25) is 0 Å². The van der Waals surface area contributed by atoms with Crippen molar-refractivity contribution < 1.29 is 4.42 Å². The number of hydrogen-bond acceptors (Lipinski definition) is 4. The zero-order valence-electron chi connectivity index (χ0n) is 34.5. The van der Waals surface area contributed by atoms with Gasteiger partial charge in [-0.05, 0) is 70.4 Å². The van der Waals surface area contributed by atoms with Crippen LogP contribution < -0.4 is 0 Å². The molecule has 4 aromatic heterocycles. The first kappa shape index (κ1) is 36.0. The molecule has 4 heterocycles. The number of fused-ring (bicyclic) bond motifs is 9. The Morgan fingerprint density at radius 3 is 1.70 bits per heavy atom. The van der Waals surface area contributed by atoms with Gasteiger partial charge >= 0.3 is 0 Å². The monoisotopic (exact) mass is 816 g/mol. The van der Waals surface area contributed by atoms with Gasteiger partial charge in [0.25, 0.3) is 0 Å². The minimum Gasteiger partial charge on any atom is -0.454 e. The molecule has 0 N–H and O–H groups in total. The maximum absolute atomic E-state index is 6.66. The van der Waals surface area contributed by atoms with Crippen LogP contribution in [0.2, 0.25) is 0 Å². The van der Waals surface area contributed by atoms with E-state index in [1.54, 1.807) is 0 Å². The van der Waals surface area contributed by atoms with Gasteiger partial charge in [0, 0.05) is 54.9 Å². The number of para-hydroxylation sites is 3. The van der Waals surface area contributed by atoms with E-state index in [1.165, 1.54) is 27.2 Å². The summed E-state index contributed by atoms with van der Waals surface area (Å²) in [6.07, 6.45) is 0. The molecule has 0 amide bonds. The van der Waals surface area contributed by atoms with Gasteiger partial charge in [-0.25, -0.2) is 15.0 Å². The summed E-state index contributed by atoms with van der Waals surface area (Å²) >= 11 is 0. The Kier molecular flexibility index (Phi) is 8.15. The highest BCUT2D eigenvalue weighted by molar-refractivity contribution is 6.22. The van der Waals surface area contributed by atoms with Crippen LogP contribution in [0.4, 0.5) is 0 Å². The van der Waals surface area contributed by atoms with Crippen molar-refractivity contribution in [3.8, 4) is 62.0 Å². The van der Waals surface area contributed by atoms with Crippen LogP contribution in [-0.4, -0.2) is 19.5 Å². The van der Waals surface area contributed by atoms with Gasteiger partial charge in [-0.1, -0.05) is 170 Å². The van der Waals surface area contributed by atoms with Crippen LogP contribution in [0, 0.1) is 0 Å². The zero-order valence-corrected chi connectivity index (χ0v) is 34.5. The van der Waals surface area contributed by atoms with Crippen LogP contribution in [0.1, 0.15) is 0 Å². The number of benzene rings is 9. The minimum absolute atomic E-state index is 0.671. The lowest BCUT2D eigenvalue weighted by molar-refractivity contribution is 0.669. The van der Waals surface area contributed by atoms with Gasteiger partial charge in [-0.2, -0.15) is 0 Å². The van der Waals surface area contributed by atoms with E-state index in [4.69, 9.17) is 19.4 Å². The lowest BCUT2D eigenvalue weighted by Gasteiger charge is -2.12. The van der Waals surface area contributed by atoms with E-state index in [2.05, 4.69) is 205 Å². The fourth-order valence-corrected chi connectivity index (χ4v) is 9.55. The molecule has 13 aromatic rings. The molecule has 0 radical (unpaired) electrons. The molecular formula is C59H36N4O. The number of furan rings is 1. The van der Waals surface area contributed by atoms with E-state index in [0.717, 1.165) is 94.4 Å². The van der Waals surface area contributed by atoms with Crippen molar-refractivity contribution >= 4 is 65.4 Å². The average molecular weight is 817 g/mol. The van der Waals surface area contributed by atoms with Gasteiger partial charge in [0.15, 0.2) is 11.4 Å². The van der Waals surface area contributed by atoms with Crippen LogP contribution in [-0.2, 0) is 0 Å². The molecule has 0 unspecified atom stereocenters. The standard InChI is InChI=1S/C59H36N4O/c1-2-14-39(15-3-1)51-36-52(40-29-32-43(33-30-40)63-53-22-9-6-18-45(53)46-19-7-10-23-54(46)63)62-59(61-51)41-27-25-37(26-28-41)42-31-34-50-49(35-42)56-48-20-8-11-24-55(48)64-58(56)57(60-50)47-21-12-16-38-13-4-5-17-44(38)47/h1-36H. The third kappa shape index (κ3) is 5.83. The first-order chi connectivity index (χ1) is 31.7. The van der Waals surface area contributed by atoms with Crippen molar-refractivity contribution in [2.75, 3.05) is 0 Å². The second kappa shape index (κ2) is 14.5. The van der Waals surface area contributed by atoms with Gasteiger partial charge in [-0.15, -0.1) is 0 Å². The SMILES string of the molecule is c1ccc(-c2cc(-c3ccc(-n4c5ccccc5c5ccccc54)cc3)nc(-c3ccc(-c4ccc5nc(-c6cccc7ccccc67)c6oc7ccccc7c6c5c4)cc3)n2)cc1. The number of pyridine rings is 1. The fourth-order valence-electron chi connectivity index (χ4n) is 9.55. The third-order valence-electron chi connectivity index (χ3n) is 12.6. The molecule has 5 nitrogen and oxygen atoms in total. The maximum atomic E-state index is 6.66. The molecular weight excluding hydrogens is 781 g/mol. The molecule has 13 rings (SSSR count). The summed E-state index contributed by atoms with van der Waals surface area (Å²) in [5, 5.41) is 8.01. The van der Waals surface area contributed by atoms with Crippen LogP contribution in [0.15, 0.2) is 223 Å². The quantitative estimate of drug-likeness (QED) is 0.168. The first-order valence-electron chi connectivity index (χ1n) is 21.6. The second-order valence-electron chi connectivity index (χ2n) is 16.3. The molecule has 64 heavy (non-hydrogen) atoms. The summed E-state index contributed by atoms with van der Waals surface area (Å²) in [5.74, 6) is 0.671. The normalized spacial score (nSPS) is 11.8. The fraction of sp³-hybridized carbons (Fsp3) is 0. The lowest BCUT2D eigenvalue weighted by Crippen LogP contribution is -1.97. The smallest absolute Gasteiger partial charge is 0.162 e. The Hall–Kier alpha value is -8.67. The van der Waals surface area contributed by atoms with E-state index in [9.17, 15) is 0 Å². The summed E-state index contributed by atoms with van der Waals surface area (Å²) in [7, 11) is 0. The summed E-state index contributed by atoms with van der Waals surface area (Å²) in [5.41, 5.74) is 14.9. The van der Waals surface area contributed by atoms with Gasteiger partial charge < -0.3 is 8.98 Å². The highest BCUT2D eigenvalue weighted by Gasteiger charge is 2.20. The molecule has 0 saturated heterocycles. The van der Waals surface area contributed by atoms with Crippen molar-refractivity contribution in [2.24, 2.45) is 0 Å². The van der Waals surface area contributed by atoms with Crippen molar-refractivity contribution in [3.63, 3.8) is 0 Å². The first-order valence-corrected chi connectivity index (χ1v) is 21.6. The number of nitrogens with zero attached hydrogens (tertiary/aromatic N) is 4. The van der Waals surface area contributed by atoms with Crippen molar-refractivity contribution in [1.82, 2.24) is 19.5 Å². The average Bonchev–Trinajstić information content (AvgIpc) is 3.93. The molecule has 0 aliphatic heterocycles. The maximum Gasteiger partial charge on any atom is 0.162 e. The van der Waals surface area contributed by atoms with Crippen LogP contribution in [0.25, 0.3) is 127 Å². The van der Waals surface area contributed by atoms with Crippen molar-refractivity contribution in [1.29, 1.82) is 0 Å². The Morgan fingerprint density at radius 2 is 0.953 bits per heavy atom. The Labute approximate surface area is 368 Å². The molecule has 0 fully saturated rings. The Balaban J connectivity index is 0.894. The van der Waals surface area contributed by atoms with Gasteiger partial charge in [-0.3, -0.25) is 0 Å². The number of rotatable bonds is 6. The van der Waals surface area contributed by atoms with Crippen LogP contribution in [0.5, 0.6) is 0 Å². The Morgan fingerprint density at radius 1 is 0.375 bits per heavy atom. The predicted octanol–water partition coefficient (Wildman–Crippen LogP) is 15.5. The third-order valence-corrected chi connectivity index (χ3v) is 12.6. The van der Waals surface area contributed by atoms with E-state index < -0.39 is 0 Å². The molecule has 0 bridgehead atoms. The molecule has 298 valence electrons. The largest absolute Gasteiger partial charge is 0.454 e. The van der Waals surface area contributed by atoms with Gasteiger partial charge in [0.1, 0.15) is 11.3 Å². The van der Waals surface area contributed by atoms with Gasteiger partial charge in [0.05, 0.1) is 27.9 Å². The van der Waals surface area contributed by atoms with E-state index in [1.807, 2.05) is 18.2 Å².